The summed E-state index contributed by atoms with van der Waals surface area (Å²) >= 11 is 0. The van der Waals surface area contributed by atoms with E-state index in [0.29, 0.717) is 12.5 Å². The van der Waals surface area contributed by atoms with Crippen molar-refractivity contribution in [3.8, 4) is 0 Å². The molecule has 2 amide bonds. The molecule has 0 aromatic heterocycles. The highest BCUT2D eigenvalue weighted by molar-refractivity contribution is 5.89. The summed E-state index contributed by atoms with van der Waals surface area (Å²) in [6, 6.07) is 9.03. The average Bonchev–Trinajstić information content (AvgIpc) is 2.42. The van der Waals surface area contributed by atoms with Crippen molar-refractivity contribution in [1.29, 1.82) is 0 Å². The second-order valence-corrected chi connectivity index (χ2v) is 5.58. The molecule has 0 spiro atoms. The molecule has 4 heteroatoms. The van der Waals surface area contributed by atoms with Crippen molar-refractivity contribution in [2.75, 3.05) is 11.9 Å². The number of carbonyl (C=O) groups excluding carboxylic acids is 1. The van der Waals surface area contributed by atoms with Gasteiger partial charge in [0, 0.05) is 12.2 Å². The van der Waals surface area contributed by atoms with Crippen molar-refractivity contribution in [2.24, 2.45) is 5.92 Å². The maximum Gasteiger partial charge on any atom is 0.319 e. The van der Waals surface area contributed by atoms with E-state index in [9.17, 15) is 9.90 Å². The predicted molar refractivity (Wildman–Crippen MR) is 76.0 cm³/mol. The summed E-state index contributed by atoms with van der Waals surface area (Å²) in [5, 5.41) is 15.9. The van der Waals surface area contributed by atoms with E-state index >= 15 is 0 Å². The number of benzene rings is 1. The van der Waals surface area contributed by atoms with Crippen molar-refractivity contribution in [1.82, 2.24) is 5.32 Å². The molecular weight excluding hydrogens is 240 g/mol. The van der Waals surface area contributed by atoms with Gasteiger partial charge in [-0.05, 0) is 43.7 Å². The number of amides is 2. The fourth-order valence-electron chi connectivity index (χ4n) is 2.42. The van der Waals surface area contributed by atoms with Crippen LogP contribution in [-0.2, 0) is 0 Å². The zero-order chi connectivity index (χ0) is 13.7. The lowest BCUT2D eigenvalue weighted by Gasteiger charge is -2.34. The third-order valence-electron chi connectivity index (χ3n) is 3.81. The second kappa shape index (κ2) is 6.06. The third-order valence-corrected chi connectivity index (χ3v) is 3.81. The lowest BCUT2D eigenvalue weighted by molar-refractivity contribution is -0.00356. The maximum absolute atomic E-state index is 11.7. The lowest BCUT2D eigenvalue weighted by Crippen LogP contribution is -2.46. The van der Waals surface area contributed by atoms with Gasteiger partial charge in [0.1, 0.15) is 0 Å². The van der Waals surface area contributed by atoms with Gasteiger partial charge in [-0.1, -0.05) is 25.1 Å². The van der Waals surface area contributed by atoms with Gasteiger partial charge in [-0.15, -0.1) is 0 Å². The quantitative estimate of drug-likeness (QED) is 0.784. The molecule has 2 rings (SSSR count). The van der Waals surface area contributed by atoms with E-state index in [4.69, 9.17) is 0 Å². The van der Waals surface area contributed by atoms with Crippen LogP contribution in [0.2, 0.25) is 0 Å². The van der Waals surface area contributed by atoms with Crippen LogP contribution in [0.3, 0.4) is 0 Å². The number of anilines is 1. The number of nitrogens with one attached hydrogen (secondary N) is 2. The normalized spacial score (nSPS) is 26.7. The molecule has 0 aliphatic heterocycles. The molecule has 1 aromatic carbocycles. The summed E-state index contributed by atoms with van der Waals surface area (Å²) in [5.41, 5.74) is 0.0184. The molecule has 104 valence electrons. The first-order chi connectivity index (χ1) is 9.07. The Morgan fingerprint density at radius 2 is 1.95 bits per heavy atom. The van der Waals surface area contributed by atoms with Gasteiger partial charge in [0.05, 0.1) is 5.60 Å². The van der Waals surface area contributed by atoms with Crippen LogP contribution in [-0.4, -0.2) is 23.3 Å². The third kappa shape index (κ3) is 4.24. The minimum absolute atomic E-state index is 0.266. The number of carbonyl (C=O) groups is 1. The van der Waals surface area contributed by atoms with E-state index in [1.807, 2.05) is 30.3 Å². The summed E-state index contributed by atoms with van der Waals surface area (Å²) < 4.78 is 0. The van der Waals surface area contributed by atoms with E-state index in [0.717, 1.165) is 31.4 Å². The van der Waals surface area contributed by atoms with E-state index in [1.165, 1.54) is 0 Å². The van der Waals surface area contributed by atoms with E-state index < -0.39 is 5.60 Å². The lowest BCUT2D eigenvalue weighted by atomic mass is 9.79. The molecule has 0 saturated heterocycles. The summed E-state index contributed by atoms with van der Waals surface area (Å²) in [5.74, 6) is 0.679. The molecular formula is C15H22N2O2. The first-order valence-electron chi connectivity index (χ1n) is 6.90. The maximum atomic E-state index is 11.7. The molecule has 0 heterocycles. The molecule has 19 heavy (non-hydrogen) atoms. The highest BCUT2D eigenvalue weighted by Gasteiger charge is 2.31. The molecule has 0 bridgehead atoms. The fourth-order valence-corrected chi connectivity index (χ4v) is 2.42. The number of hydrogen-bond acceptors (Lipinski definition) is 2. The Labute approximate surface area is 114 Å². The Kier molecular flexibility index (Phi) is 4.43. The van der Waals surface area contributed by atoms with E-state index in [-0.39, 0.29) is 6.03 Å². The van der Waals surface area contributed by atoms with E-state index in [1.54, 1.807) is 0 Å². The summed E-state index contributed by atoms with van der Waals surface area (Å²) in [7, 11) is 0. The molecule has 0 atom stereocenters. The Hall–Kier alpha value is -1.55. The van der Waals surface area contributed by atoms with Gasteiger partial charge in [-0.3, -0.25) is 0 Å². The predicted octanol–water partition coefficient (Wildman–Crippen LogP) is 2.75. The standard InChI is InChI=1S/C15H22N2O2/c1-12-7-9-15(19,10-8-12)11-16-14(18)17-13-5-3-2-4-6-13/h2-6,12,19H,7-11H2,1H3,(H2,16,17,18). The van der Waals surface area contributed by atoms with Crippen LogP contribution < -0.4 is 10.6 Å². The molecule has 1 aromatic rings. The number of rotatable bonds is 3. The molecule has 1 aliphatic rings. The van der Waals surface area contributed by atoms with Crippen LogP contribution >= 0.6 is 0 Å². The zero-order valence-electron chi connectivity index (χ0n) is 11.4. The molecule has 0 unspecified atom stereocenters. The molecule has 0 radical (unpaired) electrons. The number of urea groups is 1. The number of aliphatic hydroxyl groups is 1. The topological polar surface area (TPSA) is 61.4 Å². The first kappa shape index (κ1) is 13.9. The van der Waals surface area contributed by atoms with Gasteiger partial charge in [0.2, 0.25) is 0 Å². The number of para-hydroxylation sites is 1. The Morgan fingerprint density at radius 3 is 2.58 bits per heavy atom. The Bertz CT molecular complexity index is 411. The molecule has 1 saturated carbocycles. The zero-order valence-corrected chi connectivity index (χ0v) is 11.4. The smallest absolute Gasteiger partial charge is 0.319 e. The minimum Gasteiger partial charge on any atom is -0.388 e. The van der Waals surface area contributed by atoms with Crippen LogP contribution in [0, 0.1) is 5.92 Å². The Balaban J connectivity index is 1.77. The number of hydrogen-bond donors (Lipinski definition) is 3. The largest absolute Gasteiger partial charge is 0.388 e. The average molecular weight is 262 g/mol. The summed E-state index contributed by atoms with van der Waals surface area (Å²) in [6.07, 6.45) is 3.58. The SMILES string of the molecule is CC1CCC(O)(CNC(=O)Nc2ccccc2)CC1. The molecule has 3 N–H and O–H groups in total. The van der Waals surface area contributed by atoms with Crippen LogP contribution in [0.4, 0.5) is 10.5 Å². The van der Waals surface area contributed by atoms with Crippen molar-refractivity contribution >= 4 is 11.7 Å². The van der Waals surface area contributed by atoms with Gasteiger partial charge < -0.3 is 15.7 Å². The first-order valence-corrected chi connectivity index (χ1v) is 6.90. The van der Waals surface area contributed by atoms with Gasteiger partial charge in [-0.2, -0.15) is 0 Å². The van der Waals surface area contributed by atoms with Crippen LogP contribution in [0.1, 0.15) is 32.6 Å². The van der Waals surface area contributed by atoms with Gasteiger partial charge in [0.15, 0.2) is 0 Å². The van der Waals surface area contributed by atoms with Crippen LogP contribution in [0.15, 0.2) is 30.3 Å². The van der Waals surface area contributed by atoms with Gasteiger partial charge >= 0.3 is 6.03 Å². The van der Waals surface area contributed by atoms with Gasteiger partial charge in [-0.25, -0.2) is 4.79 Å². The summed E-state index contributed by atoms with van der Waals surface area (Å²) in [6.45, 7) is 2.52. The monoisotopic (exact) mass is 262 g/mol. The fraction of sp³-hybridized carbons (Fsp3) is 0.533. The highest BCUT2D eigenvalue weighted by atomic mass is 16.3. The highest BCUT2D eigenvalue weighted by Crippen LogP contribution is 2.31. The van der Waals surface area contributed by atoms with Crippen molar-refractivity contribution in [3.63, 3.8) is 0 Å². The van der Waals surface area contributed by atoms with Crippen molar-refractivity contribution < 1.29 is 9.90 Å². The van der Waals surface area contributed by atoms with Crippen LogP contribution in [0.25, 0.3) is 0 Å². The molecule has 1 fully saturated rings. The van der Waals surface area contributed by atoms with Crippen molar-refractivity contribution in [2.45, 2.75) is 38.2 Å². The Morgan fingerprint density at radius 1 is 1.32 bits per heavy atom. The summed E-state index contributed by atoms with van der Waals surface area (Å²) in [4.78, 5) is 11.7. The molecule has 4 nitrogen and oxygen atoms in total. The van der Waals surface area contributed by atoms with Gasteiger partial charge in [0.25, 0.3) is 0 Å². The minimum atomic E-state index is -0.736. The van der Waals surface area contributed by atoms with Crippen LogP contribution in [0.5, 0.6) is 0 Å². The molecule has 1 aliphatic carbocycles. The van der Waals surface area contributed by atoms with Crippen molar-refractivity contribution in [3.05, 3.63) is 30.3 Å². The van der Waals surface area contributed by atoms with E-state index in [2.05, 4.69) is 17.6 Å². The second-order valence-electron chi connectivity index (χ2n) is 5.58.